The van der Waals surface area contributed by atoms with E-state index in [1.54, 1.807) is 24.1 Å². The SMILES string of the molecule is CCOC(=O)C1=C2C(=O)N(c3ccc(C)cc3)C(=O)[C@@H]2N(c2ccc(C)cc2)N1. The number of imide groups is 1. The lowest BCUT2D eigenvalue weighted by Crippen LogP contribution is -2.46. The van der Waals surface area contributed by atoms with Crippen molar-refractivity contribution in [2.75, 3.05) is 16.5 Å². The molecule has 0 unspecified atom stereocenters. The standard InChI is InChI=1S/C22H21N3O4/c1-4-29-22(28)18-17-19(25(23-18)16-11-7-14(3)8-12-16)21(27)24(20(17)26)15-9-5-13(2)6-10-15/h5-12,19,23H,4H2,1-3H3/t19-/m1/s1. The first-order valence-corrected chi connectivity index (χ1v) is 9.41. The molecule has 0 radical (unpaired) electrons. The molecule has 7 nitrogen and oxygen atoms in total. The topological polar surface area (TPSA) is 79.0 Å². The van der Waals surface area contributed by atoms with Gasteiger partial charge in [-0.25, -0.2) is 9.69 Å². The highest BCUT2D eigenvalue weighted by molar-refractivity contribution is 6.33. The summed E-state index contributed by atoms with van der Waals surface area (Å²) in [6.45, 7) is 5.73. The zero-order valence-corrected chi connectivity index (χ0v) is 16.4. The molecule has 0 aliphatic carbocycles. The van der Waals surface area contributed by atoms with Gasteiger partial charge in [0.05, 0.1) is 23.6 Å². The molecule has 2 aromatic rings. The van der Waals surface area contributed by atoms with Crippen molar-refractivity contribution in [1.82, 2.24) is 5.43 Å². The fourth-order valence-electron chi connectivity index (χ4n) is 3.53. The maximum Gasteiger partial charge on any atom is 0.356 e. The minimum absolute atomic E-state index is 0.00499. The number of nitrogens with zero attached hydrogens (tertiary/aromatic N) is 2. The van der Waals surface area contributed by atoms with Gasteiger partial charge in [-0.3, -0.25) is 20.0 Å². The number of hydrazine groups is 1. The van der Waals surface area contributed by atoms with Gasteiger partial charge in [0.2, 0.25) is 0 Å². The molecular weight excluding hydrogens is 370 g/mol. The first-order valence-electron chi connectivity index (χ1n) is 9.41. The molecule has 2 aromatic carbocycles. The molecule has 2 aliphatic heterocycles. The third-order valence-corrected chi connectivity index (χ3v) is 5.00. The molecule has 2 amide bonds. The molecule has 4 rings (SSSR count). The van der Waals surface area contributed by atoms with Crippen LogP contribution in [0.25, 0.3) is 0 Å². The van der Waals surface area contributed by atoms with Crippen LogP contribution in [0.3, 0.4) is 0 Å². The molecule has 7 heteroatoms. The molecule has 1 N–H and O–H groups in total. The van der Waals surface area contributed by atoms with Crippen LogP contribution in [0.5, 0.6) is 0 Å². The van der Waals surface area contributed by atoms with Crippen molar-refractivity contribution in [2.45, 2.75) is 26.8 Å². The molecule has 148 valence electrons. The van der Waals surface area contributed by atoms with Crippen LogP contribution < -0.4 is 15.3 Å². The molecule has 1 fully saturated rings. The number of hydrogen-bond acceptors (Lipinski definition) is 6. The zero-order valence-electron chi connectivity index (χ0n) is 16.4. The summed E-state index contributed by atoms with van der Waals surface area (Å²) < 4.78 is 5.11. The maximum absolute atomic E-state index is 13.3. The molecular formula is C22H21N3O4. The number of hydrogen-bond donors (Lipinski definition) is 1. The van der Waals surface area contributed by atoms with Crippen molar-refractivity contribution in [1.29, 1.82) is 0 Å². The fourth-order valence-corrected chi connectivity index (χ4v) is 3.53. The van der Waals surface area contributed by atoms with Crippen LogP contribution in [0.4, 0.5) is 11.4 Å². The number of carbonyl (C=O) groups is 3. The molecule has 1 atom stereocenters. The molecule has 0 aromatic heterocycles. The van der Waals surface area contributed by atoms with Gasteiger partial charge < -0.3 is 4.74 Å². The lowest BCUT2D eigenvalue weighted by Gasteiger charge is -2.26. The summed E-state index contributed by atoms with van der Waals surface area (Å²) in [6.07, 6.45) is 0. The van der Waals surface area contributed by atoms with Crippen LogP contribution in [0.1, 0.15) is 18.1 Å². The van der Waals surface area contributed by atoms with Gasteiger partial charge in [-0.05, 0) is 45.0 Å². The Balaban J connectivity index is 1.80. The lowest BCUT2D eigenvalue weighted by molar-refractivity contribution is -0.139. The maximum atomic E-state index is 13.3. The minimum atomic E-state index is -0.939. The summed E-state index contributed by atoms with van der Waals surface area (Å²) in [4.78, 5) is 40.1. The molecule has 29 heavy (non-hydrogen) atoms. The van der Waals surface area contributed by atoms with Gasteiger partial charge >= 0.3 is 5.97 Å². The monoisotopic (exact) mass is 391 g/mol. The average molecular weight is 391 g/mol. The van der Waals surface area contributed by atoms with E-state index in [-0.39, 0.29) is 17.9 Å². The van der Waals surface area contributed by atoms with E-state index in [2.05, 4.69) is 5.43 Å². The summed E-state index contributed by atoms with van der Waals surface area (Å²) in [7, 11) is 0. The molecule has 0 saturated carbocycles. The van der Waals surface area contributed by atoms with Crippen molar-refractivity contribution >= 4 is 29.2 Å². The van der Waals surface area contributed by atoms with Gasteiger partial charge in [0.1, 0.15) is 0 Å². The van der Waals surface area contributed by atoms with Gasteiger partial charge in [-0.15, -0.1) is 0 Å². The quantitative estimate of drug-likeness (QED) is 0.637. The Morgan fingerprint density at radius 2 is 1.52 bits per heavy atom. The van der Waals surface area contributed by atoms with E-state index in [0.717, 1.165) is 16.0 Å². The summed E-state index contributed by atoms with van der Waals surface area (Å²) in [5.74, 6) is -1.59. The highest BCUT2D eigenvalue weighted by Crippen LogP contribution is 2.36. The second-order valence-electron chi connectivity index (χ2n) is 7.04. The number of carbonyl (C=O) groups excluding carboxylic acids is 3. The molecule has 2 aliphatic rings. The Kier molecular flexibility index (Phi) is 4.58. The Bertz CT molecular complexity index is 1030. The summed E-state index contributed by atoms with van der Waals surface area (Å²) >= 11 is 0. The number of nitrogens with one attached hydrogen (secondary N) is 1. The second kappa shape index (κ2) is 7.09. The largest absolute Gasteiger partial charge is 0.461 e. The Hall–Kier alpha value is -3.61. The summed E-state index contributed by atoms with van der Waals surface area (Å²) in [6, 6.07) is 13.6. The summed E-state index contributed by atoms with van der Waals surface area (Å²) in [5.41, 5.74) is 6.25. The first kappa shape index (κ1) is 18.7. The second-order valence-corrected chi connectivity index (χ2v) is 7.04. The first-order chi connectivity index (χ1) is 13.9. The lowest BCUT2D eigenvalue weighted by atomic mass is 10.1. The number of fused-ring (bicyclic) bond motifs is 1. The number of anilines is 2. The van der Waals surface area contributed by atoms with Crippen molar-refractivity contribution < 1.29 is 19.1 Å². The van der Waals surface area contributed by atoms with E-state index in [9.17, 15) is 14.4 Å². The Labute approximate surface area is 168 Å². The third-order valence-electron chi connectivity index (χ3n) is 5.00. The highest BCUT2D eigenvalue weighted by atomic mass is 16.5. The van der Waals surface area contributed by atoms with Crippen LogP contribution in [-0.2, 0) is 19.1 Å². The Morgan fingerprint density at radius 1 is 0.966 bits per heavy atom. The normalized spacial score (nSPS) is 18.2. The van der Waals surface area contributed by atoms with Crippen molar-refractivity contribution in [3.8, 4) is 0 Å². The van der Waals surface area contributed by atoms with Crippen LogP contribution >= 0.6 is 0 Å². The Morgan fingerprint density at radius 3 is 2.07 bits per heavy atom. The number of rotatable bonds is 4. The van der Waals surface area contributed by atoms with Gasteiger partial charge in [-0.2, -0.15) is 0 Å². The van der Waals surface area contributed by atoms with E-state index < -0.39 is 23.8 Å². The summed E-state index contributed by atoms with van der Waals surface area (Å²) in [5, 5.41) is 1.55. The zero-order chi connectivity index (χ0) is 20.7. The van der Waals surface area contributed by atoms with E-state index in [4.69, 9.17) is 4.74 Å². The van der Waals surface area contributed by atoms with Crippen LogP contribution in [0.2, 0.25) is 0 Å². The predicted molar refractivity (Wildman–Crippen MR) is 108 cm³/mol. The van der Waals surface area contributed by atoms with Crippen LogP contribution in [-0.4, -0.2) is 30.4 Å². The van der Waals surface area contributed by atoms with Gasteiger partial charge in [0.15, 0.2) is 11.7 Å². The van der Waals surface area contributed by atoms with Crippen LogP contribution in [0, 0.1) is 13.8 Å². The molecule has 2 heterocycles. The molecule has 0 bridgehead atoms. The molecule has 1 saturated heterocycles. The average Bonchev–Trinajstić information content (AvgIpc) is 3.21. The van der Waals surface area contributed by atoms with Crippen LogP contribution in [0.15, 0.2) is 59.8 Å². The fraction of sp³-hybridized carbons (Fsp3) is 0.227. The number of benzene rings is 2. The number of aryl methyl sites for hydroxylation is 2. The van der Waals surface area contributed by atoms with E-state index in [1.165, 1.54) is 0 Å². The third kappa shape index (κ3) is 3.04. The highest BCUT2D eigenvalue weighted by Gasteiger charge is 2.54. The van der Waals surface area contributed by atoms with Gasteiger partial charge in [-0.1, -0.05) is 35.4 Å². The number of ether oxygens (including phenoxy) is 1. The number of amides is 2. The predicted octanol–water partition coefficient (Wildman–Crippen LogP) is 2.39. The number of esters is 1. The van der Waals surface area contributed by atoms with Gasteiger partial charge in [0, 0.05) is 0 Å². The van der Waals surface area contributed by atoms with E-state index in [0.29, 0.717) is 11.4 Å². The van der Waals surface area contributed by atoms with Crippen molar-refractivity contribution in [3.63, 3.8) is 0 Å². The van der Waals surface area contributed by atoms with Crippen molar-refractivity contribution in [3.05, 3.63) is 70.9 Å². The smallest absolute Gasteiger partial charge is 0.356 e. The van der Waals surface area contributed by atoms with E-state index >= 15 is 0 Å². The van der Waals surface area contributed by atoms with E-state index in [1.807, 2.05) is 50.2 Å². The van der Waals surface area contributed by atoms with Crippen molar-refractivity contribution in [2.24, 2.45) is 0 Å². The molecule has 0 spiro atoms. The minimum Gasteiger partial charge on any atom is -0.461 e. The van der Waals surface area contributed by atoms with Gasteiger partial charge in [0.25, 0.3) is 11.8 Å².